The summed E-state index contributed by atoms with van der Waals surface area (Å²) in [5.41, 5.74) is 2.79. The Morgan fingerprint density at radius 2 is 2.00 bits per heavy atom. The molecule has 0 saturated carbocycles. The van der Waals surface area contributed by atoms with Crippen molar-refractivity contribution >= 4 is 38.4 Å². The van der Waals surface area contributed by atoms with Crippen molar-refractivity contribution in [3.05, 3.63) is 69.3 Å². The van der Waals surface area contributed by atoms with Crippen LogP contribution in [0.15, 0.2) is 53.1 Å². The summed E-state index contributed by atoms with van der Waals surface area (Å²) in [6.07, 6.45) is 2.86. The van der Waals surface area contributed by atoms with Gasteiger partial charge in [-0.3, -0.25) is 0 Å². The summed E-state index contributed by atoms with van der Waals surface area (Å²) < 4.78 is 3.04. The van der Waals surface area contributed by atoms with Crippen molar-refractivity contribution in [3.8, 4) is 6.07 Å². The van der Waals surface area contributed by atoms with Gasteiger partial charge in [0.05, 0.1) is 11.1 Å². The van der Waals surface area contributed by atoms with Gasteiger partial charge in [0.2, 0.25) is 0 Å². The second-order valence-corrected chi connectivity index (χ2v) is 6.18. The molecule has 0 bridgehead atoms. The second-order valence-electron chi connectivity index (χ2n) is 4.85. The Hall–Kier alpha value is -1.76. The lowest BCUT2D eigenvalue weighted by Crippen LogP contribution is -2.01. The third-order valence-electron chi connectivity index (χ3n) is 3.53. The monoisotopic (exact) mass is 358 g/mol. The van der Waals surface area contributed by atoms with E-state index >= 15 is 0 Å². The fraction of sp³-hybridized carbons (Fsp3) is 0.118. The molecule has 104 valence electrons. The Balaban J connectivity index is 1.95. The van der Waals surface area contributed by atoms with Crippen molar-refractivity contribution in [2.45, 2.75) is 13.0 Å². The Kier molecular flexibility index (Phi) is 4.01. The number of aromatic nitrogens is 1. The van der Waals surface area contributed by atoms with Gasteiger partial charge in [0.25, 0.3) is 0 Å². The average Bonchev–Trinajstić information content (AvgIpc) is 2.88. The lowest BCUT2D eigenvalue weighted by Gasteiger charge is -2.08. The fourth-order valence-corrected chi connectivity index (χ4v) is 3.23. The van der Waals surface area contributed by atoms with Crippen molar-refractivity contribution in [1.29, 1.82) is 5.26 Å². The lowest BCUT2D eigenvalue weighted by atomic mass is 10.1. The highest BCUT2D eigenvalue weighted by atomic mass is 79.9. The number of hydrogen-bond donors (Lipinski definition) is 0. The van der Waals surface area contributed by atoms with Crippen LogP contribution in [0, 0.1) is 11.3 Å². The van der Waals surface area contributed by atoms with E-state index in [1.807, 2.05) is 48.7 Å². The summed E-state index contributed by atoms with van der Waals surface area (Å²) in [4.78, 5) is 0. The summed E-state index contributed by atoms with van der Waals surface area (Å²) in [6, 6.07) is 16.1. The van der Waals surface area contributed by atoms with E-state index in [2.05, 4.69) is 26.6 Å². The number of nitriles is 1. The number of nitrogens with zero attached hydrogens (tertiary/aromatic N) is 2. The minimum Gasteiger partial charge on any atom is -0.346 e. The molecule has 3 rings (SSSR count). The molecule has 0 aliphatic carbocycles. The van der Waals surface area contributed by atoms with E-state index in [4.69, 9.17) is 11.6 Å². The van der Waals surface area contributed by atoms with Gasteiger partial charge in [-0.2, -0.15) is 5.26 Å². The third-order valence-corrected chi connectivity index (χ3v) is 4.35. The molecule has 0 spiro atoms. The summed E-state index contributed by atoms with van der Waals surface area (Å²) in [6.45, 7) is 0.795. The quantitative estimate of drug-likeness (QED) is 0.634. The maximum Gasteiger partial charge on any atom is 0.101 e. The molecular weight excluding hydrogens is 348 g/mol. The molecule has 2 nitrogen and oxygen atoms in total. The zero-order valence-electron chi connectivity index (χ0n) is 11.2. The van der Waals surface area contributed by atoms with Crippen molar-refractivity contribution in [2.75, 3.05) is 0 Å². The van der Waals surface area contributed by atoms with Crippen LogP contribution in [-0.4, -0.2) is 4.57 Å². The van der Waals surface area contributed by atoms with E-state index in [0.29, 0.717) is 5.56 Å². The van der Waals surface area contributed by atoms with Crippen molar-refractivity contribution in [1.82, 2.24) is 4.57 Å². The molecule has 1 heterocycles. The molecule has 0 fully saturated rings. The normalized spacial score (nSPS) is 10.7. The molecule has 0 saturated heterocycles. The molecule has 1 aromatic heterocycles. The van der Waals surface area contributed by atoms with Crippen LogP contribution >= 0.6 is 27.5 Å². The van der Waals surface area contributed by atoms with E-state index in [1.54, 1.807) is 0 Å². The number of halogens is 2. The number of hydrogen-bond acceptors (Lipinski definition) is 1. The van der Waals surface area contributed by atoms with Crippen molar-refractivity contribution < 1.29 is 0 Å². The first-order chi connectivity index (χ1) is 10.2. The first-order valence-corrected chi connectivity index (χ1v) is 7.78. The van der Waals surface area contributed by atoms with Crippen LogP contribution in [-0.2, 0) is 13.0 Å². The highest BCUT2D eigenvalue weighted by Gasteiger charge is 2.09. The topological polar surface area (TPSA) is 28.7 Å². The zero-order chi connectivity index (χ0) is 14.8. The first kappa shape index (κ1) is 14.2. The number of fused-ring (bicyclic) bond motifs is 1. The lowest BCUT2D eigenvalue weighted by molar-refractivity contribution is 0.722. The van der Waals surface area contributed by atoms with E-state index in [1.165, 1.54) is 0 Å². The van der Waals surface area contributed by atoms with Crippen LogP contribution in [0.2, 0.25) is 5.02 Å². The predicted molar refractivity (Wildman–Crippen MR) is 89.5 cm³/mol. The smallest absolute Gasteiger partial charge is 0.101 e. The molecule has 21 heavy (non-hydrogen) atoms. The average molecular weight is 360 g/mol. The van der Waals surface area contributed by atoms with Gasteiger partial charge in [0, 0.05) is 27.6 Å². The number of rotatable bonds is 3. The zero-order valence-corrected chi connectivity index (χ0v) is 13.5. The first-order valence-electron chi connectivity index (χ1n) is 6.61. The van der Waals surface area contributed by atoms with E-state index in [0.717, 1.165) is 38.9 Å². The molecule has 3 aromatic rings. The molecule has 0 N–H and O–H groups in total. The summed E-state index contributed by atoms with van der Waals surface area (Å²) in [7, 11) is 0. The largest absolute Gasteiger partial charge is 0.346 e. The highest BCUT2D eigenvalue weighted by Crippen LogP contribution is 2.26. The highest BCUT2D eigenvalue weighted by molar-refractivity contribution is 9.10. The predicted octanol–water partition coefficient (Wildman–Crippen LogP) is 5.17. The molecule has 0 aliphatic rings. The van der Waals surface area contributed by atoms with Gasteiger partial charge >= 0.3 is 0 Å². The maximum absolute atomic E-state index is 9.33. The van der Waals surface area contributed by atoms with Crippen LogP contribution in [0.1, 0.15) is 11.1 Å². The standard InChI is InChI=1S/C17H12BrClN2/c18-15-9-13-6-8-21(17(13)14(10-15)11-20)7-5-12-3-1-2-4-16(12)19/h1-4,6,8-10H,5,7H2. The van der Waals surface area contributed by atoms with Gasteiger partial charge in [-0.25, -0.2) is 0 Å². The summed E-state index contributed by atoms with van der Waals surface area (Å²) in [5, 5.41) is 11.2. The van der Waals surface area contributed by atoms with Crippen LogP contribution < -0.4 is 0 Å². The van der Waals surface area contributed by atoms with E-state index in [-0.39, 0.29) is 0 Å². The molecule has 0 atom stereocenters. The Morgan fingerprint density at radius 1 is 1.19 bits per heavy atom. The van der Waals surface area contributed by atoms with Crippen LogP contribution in [0.3, 0.4) is 0 Å². The van der Waals surface area contributed by atoms with Gasteiger partial charge in [-0.05, 0) is 36.2 Å². The van der Waals surface area contributed by atoms with Gasteiger partial charge in [0.15, 0.2) is 0 Å². The Morgan fingerprint density at radius 3 is 2.76 bits per heavy atom. The van der Waals surface area contributed by atoms with E-state index in [9.17, 15) is 5.26 Å². The van der Waals surface area contributed by atoms with Crippen LogP contribution in [0.4, 0.5) is 0 Å². The van der Waals surface area contributed by atoms with E-state index < -0.39 is 0 Å². The second kappa shape index (κ2) is 5.93. The molecule has 0 aliphatic heterocycles. The molecule has 0 unspecified atom stereocenters. The Labute approximate surface area is 136 Å². The van der Waals surface area contributed by atoms with Crippen LogP contribution in [0.5, 0.6) is 0 Å². The number of benzene rings is 2. The van der Waals surface area contributed by atoms with Gasteiger partial charge in [-0.15, -0.1) is 0 Å². The minimum absolute atomic E-state index is 0.684. The minimum atomic E-state index is 0.684. The summed E-state index contributed by atoms with van der Waals surface area (Å²) in [5.74, 6) is 0. The fourth-order valence-electron chi connectivity index (χ4n) is 2.53. The SMILES string of the molecule is N#Cc1cc(Br)cc2ccn(CCc3ccccc3Cl)c12. The third kappa shape index (κ3) is 2.83. The molecule has 2 aromatic carbocycles. The van der Waals surface area contributed by atoms with Gasteiger partial charge < -0.3 is 4.57 Å². The van der Waals surface area contributed by atoms with Gasteiger partial charge in [-0.1, -0.05) is 45.7 Å². The van der Waals surface area contributed by atoms with Crippen molar-refractivity contribution in [3.63, 3.8) is 0 Å². The maximum atomic E-state index is 9.33. The molecule has 0 amide bonds. The molecule has 0 radical (unpaired) electrons. The molecular formula is C17H12BrClN2. The van der Waals surface area contributed by atoms with Gasteiger partial charge in [0.1, 0.15) is 6.07 Å². The summed E-state index contributed by atoms with van der Waals surface area (Å²) >= 11 is 9.63. The van der Waals surface area contributed by atoms with Crippen molar-refractivity contribution in [2.24, 2.45) is 0 Å². The molecule has 4 heteroatoms. The Bertz CT molecular complexity index is 846. The number of aryl methyl sites for hydroxylation is 2. The van der Waals surface area contributed by atoms with Crippen LogP contribution in [0.25, 0.3) is 10.9 Å².